The van der Waals surface area contributed by atoms with Crippen LogP contribution in [0.1, 0.15) is 21.7 Å². The molecule has 0 amide bonds. The highest BCUT2D eigenvalue weighted by molar-refractivity contribution is 7.19. The van der Waals surface area contributed by atoms with Crippen LogP contribution in [0.4, 0.5) is 26.3 Å². The van der Waals surface area contributed by atoms with E-state index in [0.717, 1.165) is 35.6 Å². The Morgan fingerprint density at radius 1 is 0.964 bits per heavy atom. The summed E-state index contributed by atoms with van der Waals surface area (Å²) in [5.41, 5.74) is -2.69. The first kappa shape index (κ1) is 19.7. The summed E-state index contributed by atoms with van der Waals surface area (Å²) in [5.74, 6) is -0.747. The summed E-state index contributed by atoms with van der Waals surface area (Å²) < 4.78 is 77.3. The van der Waals surface area contributed by atoms with Crippen LogP contribution in [0.15, 0.2) is 42.5 Å². The van der Waals surface area contributed by atoms with E-state index in [-0.39, 0.29) is 16.1 Å². The van der Waals surface area contributed by atoms with Gasteiger partial charge in [-0.25, -0.2) is 4.98 Å². The Balaban J connectivity index is 2.11. The van der Waals surface area contributed by atoms with Gasteiger partial charge in [0.05, 0.1) is 21.3 Å². The lowest BCUT2D eigenvalue weighted by Gasteiger charge is -2.09. The van der Waals surface area contributed by atoms with Crippen LogP contribution in [0.2, 0.25) is 0 Å². The van der Waals surface area contributed by atoms with Gasteiger partial charge in [-0.05, 0) is 30.3 Å². The van der Waals surface area contributed by atoms with E-state index in [2.05, 4.69) is 4.98 Å². The van der Waals surface area contributed by atoms with Crippen LogP contribution >= 0.6 is 11.3 Å². The maximum absolute atomic E-state index is 12.8. The Hall–Kier alpha value is -3.06. The van der Waals surface area contributed by atoms with Crippen LogP contribution in [0.3, 0.4) is 0 Å². The fraction of sp³-hybridized carbons (Fsp3) is 0.111. The molecule has 3 rings (SSSR count). The molecule has 3 aromatic rings. The molecule has 2 aromatic carbocycles. The monoisotopic (exact) mass is 414 g/mol. The van der Waals surface area contributed by atoms with Crippen molar-refractivity contribution in [1.82, 2.24) is 4.98 Å². The Bertz CT molecular complexity index is 1120. The number of thiazole rings is 1. The van der Waals surface area contributed by atoms with Gasteiger partial charge in [-0.1, -0.05) is 12.1 Å². The average Bonchev–Trinajstić information content (AvgIpc) is 3.03. The van der Waals surface area contributed by atoms with Crippen molar-refractivity contribution >= 4 is 32.9 Å². The second-order valence-electron chi connectivity index (χ2n) is 5.61. The predicted octanol–water partition coefficient (Wildman–Crippen LogP) is 6.28. The van der Waals surface area contributed by atoms with Crippen molar-refractivity contribution in [2.45, 2.75) is 12.4 Å². The fourth-order valence-electron chi connectivity index (χ4n) is 2.40. The van der Waals surface area contributed by atoms with E-state index < -0.39 is 34.8 Å². The molecular formula is C18H8F6N2OS. The maximum Gasteiger partial charge on any atom is 0.416 e. The molecule has 0 aliphatic heterocycles. The molecule has 0 aliphatic carbocycles. The third kappa shape index (κ3) is 3.80. The highest BCUT2D eigenvalue weighted by atomic mass is 32.1. The van der Waals surface area contributed by atoms with E-state index in [4.69, 9.17) is 0 Å². The lowest BCUT2D eigenvalue weighted by Crippen LogP contribution is -2.05. The molecule has 1 N–H and O–H groups in total. The predicted molar refractivity (Wildman–Crippen MR) is 91.1 cm³/mol. The number of nitrogens with zero attached hydrogens (tertiary/aromatic N) is 2. The smallest absolute Gasteiger partial charge is 0.416 e. The van der Waals surface area contributed by atoms with Crippen molar-refractivity contribution in [3.63, 3.8) is 0 Å². The van der Waals surface area contributed by atoms with Crippen LogP contribution in [0, 0.1) is 11.3 Å². The number of nitriles is 1. The first-order valence-electron chi connectivity index (χ1n) is 7.50. The van der Waals surface area contributed by atoms with Crippen LogP contribution in [-0.2, 0) is 12.4 Å². The minimum Gasteiger partial charge on any atom is -0.506 e. The quantitative estimate of drug-likeness (QED) is 0.305. The standard InChI is InChI=1S/C18H8F6N2OS/c19-17(20,21)10-3-1-2-9(6-10)15(27)12(8-25)16-26-13-7-11(18(22,23)24)4-5-14(13)28-16/h1-7,27H. The van der Waals surface area contributed by atoms with Gasteiger partial charge < -0.3 is 5.11 Å². The zero-order valence-corrected chi connectivity index (χ0v) is 14.4. The molecule has 0 bridgehead atoms. The third-order valence-corrected chi connectivity index (χ3v) is 4.79. The zero-order chi connectivity index (χ0) is 20.7. The van der Waals surface area contributed by atoms with Gasteiger partial charge in [0.1, 0.15) is 22.4 Å². The number of fused-ring (bicyclic) bond motifs is 1. The summed E-state index contributed by atoms with van der Waals surface area (Å²) in [6, 6.07) is 8.20. The molecule has 0 atom stereocenters. The van der Waals surface area contributed by atoms with E-state index in [9.17, 15) is 36.7 Å². The molecule has 1 aromatic heterocycles. The highest BCUT2D eigenvalue weighted by Gasteiger charge is 2.32. The molecule has 0 radical (unpaired) electrons. The highest BCUT2D eigenvalue weighted by Crippen LogP contribution is 2.36. The van der Waals surface area contributed by atoms with Gasteiger partial charge in [0.2, 0.25) is 0 Å². The van der Waals surface area contributed by atoms with Crippen molar-refractivity contribution in [2.24, 2.45) is 0 Å². The molecule has 0 spiro atoms. The molecule has 3 nitrogen and oxygen atoms in total. The second-order valence-corrected chi connectivity index (χ2v) is 6.64. The number of halogens is 6. The number of alkyl halides is 6. The van der Waals surface area contributed by atoms with E-state index >= 15 is 0 Å². The Morgan fingerprint density at radius 2 is 1.61 bits per heavy atom. The molecule has 0 saturated heterocycles. The van der Waals surface area contributed by atoms with E-state index in [1.165, 1.54) is 12.1 Å². The van der Waals surface area contributed by atoms with Crippen LogP contribution < -0.4 is 0 Å². The van der Waals surface area contributed by atoms with Gasteiger partial charge in [-0.15, -0.1) is 11.3 Å². The number of hydrogen-bond acceptors (Lipinski definition) is 4. The molecule has 10 heteroatoms. The van der Waals surface area contributed by atoms with Gasteiger partial charge in [0, 0.05) is 5.56 Å². The van der Waals surface area contributed by atoms with Crippen molar-refractivity contribution in [2.75, 3.05) is 0 Å². The number of allylic oxidation sites excluding steroid dienone is 1. The summed E-state index contributed by atoms with van der Waals surface area (Å²) >= 11 is 0.841. The van der Waals surface area contributed by atoms with Gasteiger partial charge in [0.25, 0.3) is 0 Å². The normalized spacial score (nSPS) is 13.3. The topological polar surface area (TPSA) is 56.9 Å². The number of hydrogen-bond donors (Lipinski definition) is 1. The summed E-state index contributed by atoms with van der Waals surface area (Å²) in [7, 11) is 0. The Labute approximate surface area is 157 Å². The Morgan fingerprint density at radius 3 is 2.21 bits per heavy atom. The molecule has 0 aliphatic rings. The minimum absolute atomic E-state index is 0.0422. The maximum atomic E-state index is 12.8. The zero-order valence-electron chi connectivity index (χ0n) is 13.6. The van der Waals surface area contributed by atoms with E-state index in [1.807, 2.05) is 0 Å². The second kappa shape index (κ2) is 6.83. The summed E-state index contributed by atoms with van der Waals surface area (Å²) in [5, 5.41) is 19.6. The van der Waals surface area contributed by atoms with Crippen molar-refractivity contribution in [1.29, 1.82) is 5.26 Å². The van der Waals surface area contributed by atoms with Crippen LogP contribution in [0.5, 0.6) is 0 Å². The first-order valence-corrected chi connectivity index (χ1v) is 8.31. The number of benzene rings is 2. The van der Waals surface area contributed by atoms with Gasteiger partial charge in [-0.3, -0.25) is 0 Å². The first-order chi connectivity index (χ1) is 13.0. The van der Waals surface area contributed by atoms with Crippen LogP contribution in [-0.4, -0.2) is 10.1 Å². The van der Waals surface area contributed by atoms with E-state index in [0.29, 0.717) is 10.8 Å². The average molecular weight is 414 g/mol. The van der Waals surface area contributed by atoms with Crippen molar-refractivity contribution in [3.8, 4) is 6.07 Å². The fourth-order valence-corrected chi connectivity index (χ4v) is 3.34. The molecular weight excluding hydrogens is 406 g/mol. The number of aromatic nitrogens is 1. The van der Waals surface area contributed by atoms with Crippen molar-refractivity contribution in [3.05, 3.63) is 64.2 Å². The molecule has 144 valence electrons. The lowest BCUT2D eigenvalue weighted by atomic mass is 10.1. The summed E-state index contributed by atoms with van der Waals surface area (Å²) in [4.78, 5) is 3.93. The Kier molecular flexibility index (Phi) is 4.81. The number of aliphatic hydroxyl groups excluding tert-OH is 1. The van der Waals surface area contributed by atoms with Gasteiger partial charge >= 0.3 is 12.4 Å². The van der Waals surface area contributed by atoms with Gasteiger partial charge in [0.15, 0.2) is 0 Å². The minimum atomic E-state index is -4.65. The largest absolute Gasteiger partial charge is 0.506 e. The molecule has 0 unspecified atom stereocenters. The molecule has 0 saturated carbocycles. The van der Waals surface area contributed by atoms with Gasteiger partial charge in [-0.2, -0.15) is 31.6 Å². The summed E-state index contributed by atoms with van der Waals surface area (Å²) in [6.45, 7) is 0. The summed E-state index contributed by atoms with van der Waals surface area (Å²) in [6.07, 6.45) is -9.22. The van der Waals surface area contributed by atoms with E-state index in [1.54, 1.807) is 6.07 Å². The third-order valence-electron chi connectivity index (χ3n) is 3.74. The SMILES string of the molecule is N#CC(=C(O)c1cccc(C(F)(F)F)c1)c1nc2cc(C(F)(F)F)ccc2s1. The van der Waals surface area contributed by atoms with Crippen molar-refractivity contribution < 1.29 is 31.4 Å². The van der Waals surface area contributed by atoms with Crippen LogP contribution in [0.25, 0.3) is 21.5 Å². The number of rotatable bonds is 2. The number of aliphatic hydroxyl groups is 1. The molecule has 28 heavy (non-hydrogen) atoms. The molecule has 1 heterocycles. The lowest BCUT2D eigenvalue weighted by molar-refractivity contribution is -0.138. The molecule has 0 fully saturated rings.